The summed E-state index contributed by atoms with van der Waals surface area (Å²) >= 11 is 1.61. The van der Waals surface area contributed by atoms with E-state index in [0.717, 1.165) is 30.1 Å². The van der Waals surface area contributed by atoms with Crippen molar-refractivity contribution in [2.24, 2.45) is 0 Å². The second-order valence-electron chi connectivity index (χ2n) is 7.40. The maximum absolute atomic E-state index is 13.3. The summed E-state index contributed by atoms with van der Waals surface area (Å²) in [6.07, 6.45) is 3.25. The summed E-state index contributed by atoms with van der Waals surface area (Å²) in [7, 11) is 0. The van der Waals surface area contributed by atoms with E-state index < -0.39 is 6.04 Å². The molecule has 0 bridgehead atoms. The monoisotopic (exact) mass is 429 g/mol. The number of rotatable bonds is 5. The molecular weight excluding hydrogens is 402 g/mol. The van der Waals surface area contributed by atoms with Crippen molar-refractivity contribution in [2.75, 3.05) is 43.4 Å². The zero-order valence-corrected chi connectivity index (χ0v) is 18.1. The predicted octanol–water partition coefficient (Wildman–Crippen LogP) is 2.99. The Kier molecular flexibility index (Phi) is 6.22. The molecule has 0 N–H and O–H groups in total. The molecule has 0 aliphatic carbocycles. The largest absolute Gasteiger partial charge is 0.492 e. The van der Waals surface area contributed by atoms with E-state index in [2.05, 4.69) is 11.0 Å². The number of hydrogen-bond acceptors (Lipinski definition) is 6. The van der Waals surface area contributed by atoms with Gasteiger partial charge in [-0.1, -0.05) is 12.1 Å². The van der Waals surface area contributed by atoms with E-state index in [1.165, 1.54) is 6.92 Å². The van der Waals surface area contributed by atoms with E-state index >= 15 is 0 Å². The lowest BCUT2D eigenvalue weighted by Gasteiger charge is -2.39. The Morgan fingerprint density at radius 3 is 2.60 bits per heavy atom. The molecule has 2 fully saturated rings. The van der Waals surface area contributed by atoms with Crippen LogP contribution in [0.25, 0.3) is 0 Å². The van der Waals surface area contributed by atoms with E-state index in [1.807, 2.05) is 36.1 Å². The van der Waals surface area contributed by atoms with Gasteiger partial charge >= 0.3 is 0 Å². The van der Waals surface area contributed by atoms with Crippen LogP contribution in [-0.2, 0) is 9.59 Å². The van der Waals surface area contributed by atoms with Gasteiger partial charge in [-0.15, -0.1) is 11.8 Å². The van der Waals surface area contributed by atoms with Crippen LogP contribution in [0.1, 0.15) is 24.8 Å². The molecule has 2 aromatic rings. The van der Waals surface area contributed by atoms with Gasteiger partial charge in [-0.3, -0.25) is 9.59 Å². The third-order valence-electron chi connectivity index (χ3n) is 5.57. The van der Waals surface area contributed by atoms with Crippen molar-refractivity contribution in [3.05, 3.63) is 48.4 Å². The molecule has 1 aromatic carbocycles. The van der Waals surface area contributed by atoms with Gasteiger partial charge in [0.2, 0.25) is 11.8 Å². The zero-order valence-electron chi connectivity index (χ0n) is 17.3. The van der Waals surface area contributed by atoms with Crippen molar-refractivity contribution in [3.63, 3.8) is 0 Å². The lowest BCUT2D eigenvalue weighted by molar-refractivity contribution is -0.144. The van der Waals surface area contributed by atoms with E-state index in [1.54, 1.807) is 29.2 Å². The smallest absolute Gasteiger partial charge is 0.246 e. The van der Waals surface area contributed by atoms with Crippen molar-refractivity contribution < 1.29 is 18.7 Å². The fourth-order valence-electron chi connectivity index (χ4n) is 4.13. The minimum absolute atomic E-state index is 0.0291. The first-order valence-electron chi connectivity index (χ1n) is 10.3. The lowest BCUT2D eigenvalue weighted by atomic mass is 10.1. The number of anilines is 1. The molecule has 7 nitrogen and oxygen atoms in total. The van der Waals surface area contributed by atoms with Crippen LogP contribution in [-0.4, -0.2) is 66.2 Å². The minimum atomic E-state index is -0.435. The molecule has 2 saturated heterocycles. The van der Waals surface area contributed by atoms with E-state index in [0.29, 0.717) is 25.4 Å². The molecule has 2 atom stereocenters. The van der Waals surface area contributed by atoms with Crippen LogP contribution < -0.4 is 9.64 Å². The Hall–Kier alpha value is -2.61. The number of amides is 2. The van der Waals surface area contributed by atoms with Gasteiger partial charge in [0, 0.05) is 44.4 Å². The molecule has 3 heterocycles. The van der Waals surface area contributed by atoms with Gasteiger partial charge < -0.3 is 23.9 Å². The number of hydrogen-bond donors (Lipinski definition) is 0. The minimum Gasteiger partial charge on any atom is -0.492 e. The maximum Gasteiger partial charge on any atom is 0.246 e. The molecule has 0 saturated carbocycles. The van der Waals surface area contributed by atoms with Crippen LogP contribution in [0.5, 0.6) is 5.75 Å². The third-order valence-corrected chi connectivity index (χ3v) is 6.90. The summed E-state index contributed by atoms with van der Waals surface area (Å²) in [5.41, 5.74) is 1.98. The fraction of sp³-hybridized carbons (Fsp3) is 0.455. The number of benzene rings is 1. The molecule has 160 valence electrons. The van der Waals surface area contributed by atoms with Crippen molar-refractivity contribution in [1.82, 2.24) is 9.80 Å². The van der Waals surface area contributed by atoms with Crippen molar-refractivity contribution in [2.45, 2.75) is 25.3 Å². The first-order valence-corrected chi connectivity index (χ1v) is 11.3. The van der Waals surface area contributed by atoms with Crippen LogP contribution in [0.4, 0.5) is 5.69 Å². The molecule has 8 heteroatoms. The summed E-state index contributed by atoms with van der Waals surface area (Å²) in [5, 5.41) is -0.172. The molecule has 2 aliphatic rings. The van der Waals surface area contributed by atoms with Crippen LogP contribution in [0.15, 0.2) is 47.3 Å². The third kappa shape index (κ3) is 4.01. The number of ether oxygens (including phenoxy) is 1. The molecule has 2 unspecified atom stereocenters. The highest BCUT2D eigenvalue weighted by atomic mass is 32.2. The van der Waals surface area contributed by atoms with E-state index in [-0.39, 0.29) is 17.2 Å². The highest BCUT2D eigenvalue weighted by Gasteiger charge is 2.43. The molecule has 2 amide bonds. The average Bonchev–Trinajstić information content (AvgIpc) is 3.44. The van der Waals surface area contributed by atoms with Crippen molar-refractivity contribution in [3.8, 4) is 5.75 Å². The Morgan fingerprint density at radius 1 is 1.17 bits per heavy atom. The van der Waals surface area contributed by atoms with Crippen LogP contribution in [0, 0.1) is 0 Å². The highest BCUT2D eigenvalue weighted by molar-refractivity contribution is 7.99. The normalized spacial score (nSPS) is 21.7. The molecule has 0 radical (unpaired) electrons. The number of furan rings is 1. The standard InChI is InChI=1S/C22H27N3O4S/c1-3-29-20-7-5-4-6-18(20)23-9-11-24(12-10-23)21(27)19-15-30-22(25(19)16(2)26)17-8-13-28-14-17/h4-8,13-14,19,22H,3,9-12,15H2,1-2H3. The number of carbonyl (C=O) groups excluding carboxylic acids is 2. The second-order valence-corrected chi connectivity index (χ2v) is 8.51. The zero-order chi connectivity index (χ0) is 21.1. The molecule has 1 aromatic heterocycles. The quantitative estimate of drug-likeness (QED) is 0.728. The Balaban J connectivity index is 1.42. The Bertz CT molecular complexity index is 880. The van der Waals surface area contributed by atoms with Crippen LogP contribution >= 0.6 is 11.8 Å². The van der Waals surface area contributed by atoms with Crippen LogP contribution in [0.2, 0.25) is 0 Å². The average molecular weight is 430 g/mol. The summed E-state index contributed by atoms with van der Waals surface area (Å²) in [5.74, 6) is 1.41. The molecule has 2 aliphatic heterocycles. The lowest BCUT2D eigenvalue weighted by Crippen LogP contribution is -2.55. The predicted molar refractivity (Wildman–Crippen MR) is 117 cm³/mol. The van der Waals surface area contributed by atoms with E-state index in [9.17, 15) is 9.59 Å². The molecule has 4 rings (SSSR count). The summed E-state index contributed by atoms with van der Waals surface area (Å²) in [6.45, 7) is 6.85. The number of thioether (sulfide) groups is 1. The van der Waals surface area contributed by atoms with Gasteiger partial charge in [0.25, 0.3) is 0 Å². The topological polar surface area (TPSA) is 66.2 Å². The first-order chi connectivity index (χ1) is 14.6. The van der Waals surface area contributed by atoms with E-state index in [4.69, 9.17) is 9.15 Å². The molecule has 0 spiro atoms. The summed E-state index contributed by atoms with van der Waals surface area (Å²) < 4.78 is 10.9. The van der Waals surface area contributed by atoms with Crippen molar-refractivity contribution in [1.29, 1.82) is 0 Å². The van der Waals surface area contributed by atoms with Gasteiger partial charge in [0.05, 0.1) is 24.8 Å². The summed E-state index contributed by atoms with van der Waals surface area (Å²) in [6, 6.07) is 9.44. The van der Waals surface area contributed by atoms with Gasteiger partial charge in [-0.2, -0.15) is 0 Å². The number of piperazine rings is 1. The molecular formula is C22H27N3O4S. The van der Waals surface area contributed by atoms with Gasteiger partial charge in [0.15, 0.2) is 0 Å². The first kappa shape index (κ1) is 20.7. The van der Waals surface area contributed by atoms with Gasteiger partial charge in [-0.25, -0.2) is 0 Å². The number of nitrogens with zero attached hydrogens (tertiary/aromatic N) is 3. The fourth-order valence-corrected chi connectivity index (χ4v) is 5.58. The van der Waals surface area contributed by atoms with Gasteiger partial charge in [0.1, 0.15) is 17.2 Å². The highest BCUT2D eigenvalue weighted by Crippen LogP contribution is 2.42. The maximum atomic E-state index is 13.3. The Labute approximate surface area is 180 Å². The number of carbonyl (C=O) groups is 2. The molecule has 30 heavy (non-hydrogen) atoms. The second kappa shape index (κ2) is 9.04. The number of para-hydroxylation sites is 2. The SMILES string of the molecule is CCOc1ccccc1N1CCN(C(=O)C2CSC(c3ccoc3)N2C(C)=O)CC1. The van der Waals surface area contributed by atoms with Crippen molar-refractivity contribution >= 4 is 29.3 Å². The summed E-state index contributed by atoms with van der Waals surface area (Å²) in [4.78, 5) is 31.5. The van der Waals surface area contributed by atoms with Gasteiger partial charge in [-0.05, 0) is 25.1 Å². The van der Waals surface area contributed by atoms with Crippen LogP contribution in [0.3, 0.4) is 0 Å². The Morgan fingerprint density at radius 2 is 1.93 bits per heavy atom.